The van der Waals surface area contributed by atoms with E-state index in [1.807, 2.05) is 18.2 Å². The highest BCUT2D eigenvalue weighted by Crippen LogP contribution is 2.15. The number of benzene rings is 1. The summed E-state index contributed by atoms with van der Waals surface area (Å²) >= 11 is 3.31. The van der Waals surface area contributed by atoms with Crippen molar-refractivity contribution in [3.63, 3.8) is 0 Å². The van der Waals surface area contributed by atoms with Crippen LogP contribution in [0.3, 0.4) is 0 Å². The minimum absolute atomic E-state index is 0.400. The van der Waals surface area contributed by atoms with Gasteiger partial charge in [-0.05, 0) is 46.3 Å². The molecule has 2 rings (SSSR count). The fourth-order valence-electron chi connectivity index (χ4n) is 1.37. The largest absolute Gasteiger partial charge is 0.399 e. The first-order valence-corrected chi connectivity index (χ1v) is 7.11. The lowest BCUT2D eigenvalue weighted by molar-refractivity contribution is 0.682. The first-order chi connectivity index (χ1) is 8.15. The maximum absolute atomic E-state index is 12.1. The normalized spacial score (nSPS) is 12.3. The van der Waals surface area contributed by atoms with Gasteiger partial charge >= 0.3 is 0 Å². The van der Waals surface area contributed by atoms with Crippen molar-refractivity contribution in [3.8, 4) is 0 Å². The maximum atomic E-state index is 12.1. The predicted molar refractivity (Wildman–Crippen MR) is 72.9 cm³/mol. The average molecular weight is 311 g/mol. The standard InChI is InChI=1S/C12H11BrN2OS/c13-9-4-5-11(15-7-9)8-17(16)12-3-1-2-10(14)6-12/h1-7H,8,14H2. The van der Waals surface area contributed by atoms with Crippen molar-refractivity contribution in [2.24, 2.45) is 0 Å². The van der Waals surface area contributed by atoms with Crippen LogP contribution in [0.5, 0.6) is 0 Å². The number of halogens is 1. The molecular formula is C12H11BrN2OS. The summed E-state index contributed by atoms with van der Waals surface area (Å²) in [4.78, 5) is 4.93. The summed E-state index contributed by atoms with van der Waals surface area (Å²) in [6.07, 6.45) is 1.70. The number of pyridine rings is 1. The second kappa shape index (κ2) is 5.42. The van der Waals surface area contributed by atoms with Crippen molar-refractivity contribution in [2.75, 3.05) is 5.73 Å². The molecule has 0 radical (unpaired) electrons. The fourth-order valence-corrected chi connectivity index (χ4v) is 2.70. The van der Waals surface area contributed by atoms with Crippen molar-refractivity contribution >= 4 is 32.4 Å². The molecule has 0 aliphatic heterocycles. The van der Waals surface area contributed by atoms with Gasteiger partial charge in [0.25, 0.3) is 0 Å². The molecule has 0 aliphatic rings. The molecule has 17 heavy (non-hydrogen) atoms. The third-order valence-electron chi connectivity index (χ3n) is 2.19. The monoisotopic (exact) mass is 310 g/mol. The molecule has 1 unspecified atom stereocenters. The number of nitrogens with two attached hydrogens (primary N) is 1. The van der Waals surface area contributed by atoms with Crippen molar-refractivity contribution in [3.05, 3.63) is 52.8 Å². The number of nitrogens with zero attached hydrogens (tertiary/aromatic N) is 1. The molecule has 0 spiro atoms. The van der Waals surface area contributed by atoms with E-state index in [9.17, 15) is 4.21 Å². The molecule has 88 valence electrons. The topological polar surface area (TPSA) is 56.0 Å². The smallest absolute Gasteiger partial charge is 0.0705 e. The molecule has 2 N–H and O–H groups in total. The minimum Gasteiger partial charge on any atom is -0.399 e. The van der Waals surface area contributed by atoms with Gasteiger partial charge in [0, 0.05) is 21.3 Å². The van der Waals surface area contributed by atoms with Crippen LogP contribution >= 0.6 is 15.9 Å². The van der Waals surface area contributed by atoms with Crippen LogP contribution in [0.25, 0.3) is 0 Å². The number of hydrogen-bond acceptors (Lipinski definition) is 3. The summed E-state index contributed by atoms with van der Waals surface area (Å²) in [6.45, 7) is 0. The van der Waals surface area contributed by atoms with Crippen LogP contribution in [-0.4, -0.2) is 9.19 Å². The highest BCUT2D eigenvalue weighted by Gasteiger charge is 2.06. The van der Waals surface area contributed by atoms with Gasteiger partial charge in [0.05, 0.1) is 22.2 Å². The number of anilines is 1. The fraction of sp³-hybridized carbons (Fsp3) is 0.0833. The quantitative estimate of drug-likeness (QED) is 0.887. The van der Waals surface area contributed by atoms with Crippen LogP contribution in [0.15, 0.2) is 52.0 Å². The zero-order valence-corrected chi connectivity index (χ0v) is 11.4. The molecule has 1 aromatic carbocycles. The van der Waals surface area contributed by atoms with Crippen LogP contribution in [-0.2, 0) is 16.6 Å². The van der Waals surface area contributed by atoms with E-state index < -0.39 is 10.8 Å². The van der Waals surface area contributed by atoms with E-state index in [1.54, 1.807) is 24.4 Å². The lowest BCUT2D eigenvalue weighted by Gasteiger charge is -2.03. The molecule has 0 fully saturated rings. The molecule has 0 saturated carbocycles. The van der Waals surface area contributed by atoms with E-state index in [1.165, 1.54) is 0 Å². The third-order valence-corrected chi connectivity index (χ3v) is 4.00. The third kappa shape index (κ3) is 3.38. The number of hydrogen-bond donors (Lipinski definition) is 1. The minimum atomic E-state index is -1.11. The number of nitrogen functional groups attached to an aromatic ring is 1. The van der Waals surface area contributed by atoms with Crippen LogP contribution in [0.2, 0.25) is 0 Å². The Morgan fingerprint density at radius 1 is 1.29 bits per heavy atom. The van der Waals surface area contributed by atoms with Gasteiger partial charge in [-0.25, -0.2) is 0 Å². The van der Waals surface area contributed by atoms with Gasteiger partial charge in [-0.3, -0.25) is 9.19 Å². The van der Waals surface area contributed by atoms with Crippen LogP contribution < -0.4 is 5.73 Å². The summed E-state index contributed by atoms with van der Waals surface area (Å²) in [6, 6.07) is 10.9. The summed E-state index contributed by atoms with van der Waals surface area (Å²) < 4.78 is 13.0. The Kier molecular flexibility index (Phi) is 3.91. The van der Waals surface area contributed by atoms with Gasteiger partial charge < -0.3 is 5.73 Å². The molecule has 1 heterocycles. The first-order valence-electron chi connectivity index (χ1n) is 4.99. The Morgan fingerprint density at radius 3 is 2.76 bits per heavy atom. The second-order valence-electron chi connectivity index (χ2n) is 3.53. The van der Waals surface area contributed by atoms with E-state index in [0.717, 1.165) is 15.1 Å². The first kappa shape index (κ1) is 12.3. The Hall–Kier alpha value is -1.20. The zero-order chi connectivity index (χ0) is 12.3. The van der Waals surface area contributed by atoms with Gasteiger partial charge in [0.15, 0.2) is 0 Å². The molecule has 5 heteroatoms. The Balaban J connectivity index is 2.14. The maximum Gasteiger partial charge on any atom is 0.0705 e. The predicted octanol–water partition coefficient (Wildman–Crippen LogP) is 2.73. The molecule has 0 aliphatic carbocycles. The van der Waals surface area contributed by atoms with Crippen molar-refractivity contribution in [2.45, 2.75) is 10.6 Å². The SMILES string of the molecule is Nc1cccc(S(=O)Cc2ccc(Br)cn2)c1. The molecule has 0 saturated heterocycles. The Morgan fingerprint density at radius 2 is 2.12 bits per heavy atom. The lowest BCUT2D eigenvalue weighted by atomic mass is 10.3. The molecule has 3 nitrogen and oxygen atoms in total. The Bertz CT molecular complexity index is 542. The van der Waals surface area contributed by atoms with Crippen LogP contribution in [0.1, 0.15) is 5.69 Å². The summed E-state index contributed by atoms with van der Waals surface area (Å²) in [5.41, 5.74) is 7.08. The molecule has 0 bridgehead atoms. The van der Waals surface area contributed by atoms with E-state index in [4.69, 9.17) is 5.73 Å². The van der Waals surface area contributed by atoms with E-state index in [2.05, 4.69) is 20.9 Å². The second-order valence-corrected chi connectivity index (χ2v) is 5.90. The van der Waals surface area contributed by atoms with Crippen molar-refractivity contribution in [1.82, 2.24) is 4.98 Å². The van der Waals surface area contributed by atoms with Gasteiger partial charge in [-0.1, -0.05) is 6.07 Å². The van der Waals surface area contributed by atoms with Crippen LogP contribution in [0.4, 0.5) is 5.69 Å². The zero-order valence-electron chi connectivity index (χ0n) is 8.97. The molecule has 2 aromatic rings. The molecule has 1 aromatic heterocycles. The van der Waals surface area contributed by atoms with Gasteiger partial charge in [0.2, 0.25) is 0 Å². The Labute approximate surface area is 111 Å². The van der Waals surface area contributed by atoms with Gasteiger partial charge in [0.1, 0.15) is 0 Å². The summed E-state index contributed by atoms with van der Waals surface area (Å²) in [5, 5.41) is 0. The molecular weight excluding hydrogens is 300 g/mol. The lowest BCUT2D eigenvalue weighted by Crippen LogP contribution is -1.99. The van der Waals surface area contributed by atoms with Crippen molar-refractivity contribution in [1.29, 1.82) is 0 Å². The van der Waals surface area contributed by atoms with Crippen LogP contribution in [0, 0.1) is 0 Å². The van der Waals surface area contributed by atoms with Gasteiger partial charge in [-0.15, -0.1) is 0 Å². The summed E-state index contributed by atoms with van der Waals surface area (Å²) in [5.74, 6) is 0.400. The molecule has 0 amide bonds. The molecule has 1 atom stereocenters. The number of aromatic nitrogens is 1. The average Bonchev–Trinajstić information content (AvgIpc) is 2.32. The van der Waals surface area contributed by atoms with E-state index >= 15 is 0 Å². The highest BCUT2D eigenvalue weighted by atomic mass is 79.9. The van der Waals surface area contributed by atoms with Crippen molar-refractivity contribution < 1.29 is 4.21 Å². The highest BCUT2D eigenvalue weighted by molar-refractivity contribution is 9.10. The van der Waals surface area contributed by atoms with E-state index in [0.29, 0.717) is 11.4 Å². The van der Waals surface area contributed by atoms with E-state index in [-0.39, 0.29) is 0 Å². The number of rotatable bonds is 3. The van der Waals surface area contributed by atoms with Gasteiger partial charge in [-0.2, -0.15) is 0 Å². The summed E-state index contributed by atoms with van der Waals surface area (Å²) in [7, 11) is -1.11.